The summed E-state index contributed by atoms with van der Waals surface area (Å²) in [5, 5.41) is 3.06. The van der Waals surface area contributed by atoms with E-state index in [0.29, 0.717) is 6.54 Å². The van der Waals surface area contributed by atoms with Crippen molar-refractivity contribution in [2.45, 2.75) is 103 Å². The second-order valence-electron chi connectivity index (χ2n) is 8.60. The SMILES string of the molecule is CCCCCCCCCCCCCCCCNC(=O)CN(C)Cc1ccccc1. The van der Waals surface area contributed by atoms with Crippen molar-refractivity contribution in [2.24, 2.45) is 0 Å². The fraction of sp³-hybridized carbons (Fsp3) is 0.731. The molecule has 0 heterocycles. The molecule has 1 rings (SSSR count). The molecule has 0 unspecified atom stereocenters. The Hall–Kier alpha value is -1.35. The van der Waals surface area contributed by atoms with Gasteiger partial charge in [-0.3, -0.25) is 9.69 Å². The van der Waals surface area contributed by atoms with Crippen molar-refractivity contribution in [2.75, 3.05) is 20.1 Å². The third kappa shape index (κ3) is 16.2. The molecule has 0 saturated heterocycles. The van der Waals surface area contributed by atoms with Crippen molar-refractivity contribution in [3.05, 3.63) is 35.9 Å². The first-order valence-electron chi connectivity index (χ1n) is 12.2. The van der Waals surface area contributed by atoms with Crippen LogP contribution in [0.5, 0.6) is 0 Å². The Morgan fingerprint density at radius 1 is 0.759 bits per heavy atom. The van der Waals surface area contributed by atoms with Gasteiger partial charge >= 0.3 is 0 Å². The Bertz CT molecular complexity index is 489. The number of amides is 1. The van der Waals surface area contributed by atoms with E-state index in [1.165, 1.54) is 89.0 Å². The molecule has 0 aliphatic rings. The second kappa shape index (κ2) is 18.7. The summed E-state index contributed by atoms with van der Waals surface area (Å²) >= 11 is 0. The van der Waals surface area contributed by atoms with Gasteiger partial charge in [0, 0.05) is 13.1 Å². The van der Waals surface area contributed by atoms with Gasteiger partial charge in [0.2, 0.25) is 5.91 Å². The zero-order valence-corrected chi connectivity index (χ0v) is 19.3. The summed E-state index contributed by atoms with van der Waals surface area (Å²) < 4.78 is 0. The van der Waals surface area contributed by atoms with Gasteiger partial charge in [-0.25, -0.2) is 0 Å². The fourth-order valence-corrected chi connectivity index (χ4v) is 3.80. The molecule has 0 bridgehead atoms. The average molecular weight is 403 g/mol. The van der Waals surface area contributed by atoms with Gasteiger partial charge in [-0.15, -0.1) is 0 Å². The lowest BCUT2D eigenvalue weighted by Gasteiger charge is -2.16. The molecule has 3 heteroatoms. The van der Waals surface area contributed by atoms with Crippen molar-refractivity contribution >= 4 is 5.91 Å². The van der Waals surface area contributed by atoms with E-state index in [0.717, 1.165) is 19.5 Å². The number of hydrogen-bond acceptors (Lipinski definition) is 2. The predicted molar refractivity (Wildman–Crippen MR) is 126 cm³/mol. The molecule has 1 amide bonds. The molecule has 1 aromatic carbocycles. The van der Waals surface area contributed by atoms with Gasteiger partial charge in [0.25, 0.3) is 0 Å². The molecule has 0 fully saturated rings. The van der Waals surface area contributed by atoms with Gasteiger partial charge in [-0.1, -0.05) is 121 Å². The molecule has 29 heavy (non-hydrogen) atoms. The van der Waals surface area contributed by atoms with Gasteiger partial charge in [0.1, 0.15) is 0 Å². The number of hydrogen-bond donors (Lipinski definition) is 1. The van der Waals surface area contributed by atoms with Crippen LogP contribution in [-0.4, -0.2) is 30.9 Å². The molecule has 0 aromatic heterocycles. The number of carbonyl (C=O) groups excluding carboxylic acids is 1. The summed E-state index contributed by atoms with van der Waals surface area (Å²) in [6.45, 7) is 4.37. The molecule has 1 N–H and O–H groups in total. The van der Waals surface area contributed by atoms with E-state index in [-0.39, 0.29) is 5.91 Å². The quantitative estimate of drug-likeness (QED) is 0.261. The molecule has 0 aliphatic carbocycles. The van der Waals surface area contributed by atoms with E-state index >= 15 is 0 Å². The third-order valence-electron chi connectivity index (χ3n) is 5.56. The Morgan fingerprint density at radius 2 is 1.24 bits per heavy atom. The second-order valence-corrected chi connectivity index (χ2v) is 8.60. The topological polar surface area (TPSA) is 32.3 Å². The van der Waals surface area contributed by atoms with Crippen LogP contribution < -0.4 is 5.32 Å². The molecular weight excluding hydrogens is 356 g/mol. The summed E-state index contributed by atoms with van der Waals surface area (Å²) in [7, 11) is 2.00. The Balaban J connectivity index is 1.83. The van der Waals surface area contributed by atoms with E-state index in [2.05, 4.69) is 29.3 Å². The highest BCUT2D eigenvalue weighted by molar-refractivity contribution is 5.77. The Morgan fingerprint density at radius 3 is 1.76 bits per heavy atom. The Labute approximate surface area is 180 Å². The van der Waals surface area contributed by atoms with Crippen molar-refractivity contribution in [3.8, 4) is 0 Å². The van der Waals surface area contributed by atoms with E-state index in [1.54, 1.807) is 0 Å². The molecule has 0 aliphatic heterocycles. The molecule has 3 nitrogen and oxygen atoms in total. The molecule has 0 spiro atoms. The lowest BCUT2D eigenvalue weighted by atomic mass is 10.0. The van der Waals surface area contributed by atoms with Crippen molar-refractivity contribution in [3.63, 3.8) is 0 Å². The first-order chi connectivity index (χ1) is 14.2. The highest BCUT2D eigenvalue weighted by atomic mass is 16.2. The Kier molecular flexibility index (Phi) is 16.5. The summed E-state index contributed by atoms with van der Waals surface area (Å²) in [6, 6.07) is 10.3. The summed E-state index contributed by atoms with van der Waals surface area (Å²) in [6.07, 6.45) is 19.1. The van der Waals surface area contributed by atoms with Crippen LogP contribution in [0.2, 0.25) is 0 Å². The number of carbonyl (C=O) groups is 1. The van der Waals surface area contributed by atoms with Crippen LogP contribution in [0.3, 0.4) is 0 Å². The minimum atomic E-state index is 0.137. The van der Waals surface area contributed by atoms with E-state index in [1.807, 2.05) is 25.2 Å². The summed E-state index contributed by atoms with van der Waals surface area (Å²) in [5.74, 6) is 0.137. The van der Waals surface area contributed by atoms with Crippen molar-refractivity contribution < 1.29 is 4.79 Å². The van der Waals surface area contributed by atoms with E-state index < -0.39 is 0 Å². The maximum atomic E-state index is 12.0. The minimum Gasteiger partial charge on any atom is -0.355 e. The van der Waals surface area contributed by atoms with Crippen LogP contribution >= 0.6 is 0 Å². The molecule has 166 valence electrons. The lowest BCUT2D eigenvalue weighted by Crippen LogP contribution is -2.35. The number of likely N-dealkylation sites (N-methyl/N-ethyl adjacent to an activating group) is 1. The van der Waals surface area contributed by atoms with Gasteiger partial charge in [0.05, 0.1) is 6.54 Å². The smallest absolute Gasteiger partial charge is 0.234 e. The van der Waals surface area contributed by atoms with Gasteiger partial charge < -0.3 is 5.32 Å². The highest BCUT2D eigenvalue weighted by Gasteiger charge is 2.06. The number of unbranched alkanes of at least 4 members (excludes halogenated alkanes) is 13. The normalized spacial score (nSPS) is 11.1. The third-order valence-corrected chi connectivity index (χ3v) is 5.56. The van der Waals surface area contributed by atoms with Crippen LogP contribution in [0.1, 0.15) is 102 Å². The van der Waals surface area contributed by atoms with Crippen LogP contribution in [0.15, 0.2) is 30.3 Å². The van der Waals surface area contributed by atoms with Gasteiger partial charge in [-0.05, 0) is 19.0 Å². The molecule has 0 saturated carbocycles. The molecular formula is C26H46N2O. The zero-order valence-electron chi connectivity index (χ0n) is 19.3. The van der Waals surface area contributed by atoms with Crippen LogP contribution in [0.25, 0.3) is 0 Å². The molecule has 0 radical (unpaired) electrons. The fourth-order valence-electron chi connectivity index (χ4n) is 3.80. The zero-order chi connectivity index (χ0) is 21.0. The number of nitrogens with zero attached hydrogens (tertiary/aromatic N) is 1. The van der Waals surface area contributed by atoms with Crippen LogP contribution in [-0.2, 0) is 11.3 Å². The molecule has 1 aromatic rings. The minimum absolute atomic E-state index is 0.137. The monoisotopic (exact) mass is 402 g/mol. The van der Waals surface area contributed by atoms with E-state index in [9.17, 15) is 4.79 Å². The number of benzene rings is 1. The van der Waals surface area contributed by atoms with Crippen molar-refractivity contribution in [1.82, 2.24) is 10.2 Å². The van der Waals surface area contributed by atoms with Gasteiger partial charge in [0.15, 0.2) is 0 Å². The van der Waals surface area contributed by atoms with Crippen LogP contribution in [0, 0.1) is 0 Å². The average Bonchev–Trinajstić information content (AvgIpc) is 2.71. The maximum Gasteiger partial charge on any atom is 0.234 e. The predicted octanol–water partition coefficient (Wildman–Crippen LogP) is 6.72. The highest BCUT2D eigenvalue weighted by Crippen LogP contribution is 2.12. The largest absolute Gasteiger partial charge is 0.355 e. The van der Waals surface area contributed by atoms with E-state index in [4.69, 9.17) is 0 Å². The van der Waals surface area contributed by atoms with Crippen molar-refractivity contribution in [1.29, 1.82) is 0 Å². The first kappa shape index (κ1) is 25.7. The first-order valence-corrected chi connectivity index (χ1v) is 12.2. The lowest BCUT2D eigenvalue weighted by molar-refractivity contribution is -0.122. The molecule has 0 atom stereocenters. The maximum absolute atomic E-state index is 12.0. The number of rotatable bonds is 19. The van der Waals surface area contributed by atoms with Gasteiger partial charge in [-0.2, -0.15) is 0 Å². The van der Waals surface area contributed by atoms with Crippen LogP contribution in [0.4, 0.5) is 0 Å². The number of nitrogens with one attached hydrogen (secondary N) is 1. The summed E-state index contributed by atoms with van der Waals surface area (Å²) in [4.78, 5) is 14.1. The standard InChI is InChI=1S/C26H46N2O/c1-3-4-5-6-7-8-9-10-11-12-13-14-15-19-22-27-26(29)24-28(2)23-25-20-17-16-18-21-25/h16-18,20-21H,3-15,19,22-24H2,1-2H3,(H,27,29). The summed E-state index contributed by atoms with van der Waals surface area (Å²) in [5.41, 5.74) is 1.25.